The molecule has 2 amide bonds. The van der Waals surface area contributed by atoms with E-state index in [1.54, 1.807) is 38.1 Å². The first-order chi connectivity index (χ1) is 12.2. The third kappa shape index (κ3) is 5.22. The van der Waals surface area contributed by atoms with Crippen LogP contribution in [0.15, 0.2) is 24.3 Å². The van der Waals surface area contributed by atoms with Crippen molar-refractivity contribution in [2.75, 3.05) is 5.32 Å². The van der Waals surface area contributed by atoms with Crippen molar-refractivity contribution < 1.29 is 22.8 Å². The van der Waals surface area contributed by atoms with Crippen LogP contribution in [0.4, 0.5) is 18.9 Å². The summed E-state index contributed by atoms with van der Waals surface area (Å²) in [5.74, 6) is -3.22. The second-order valence-corrected chi connectivity index (χ2v) is 6.79. The largest absolute Gasteiger partial charge is 0.392 e. The summed E-state index contributed by atoms with van der Waals surface area (Å²) in [5, 5.41) is 5.43. The lowest BCUT2D eigenvalue weighted by molar-refractivity contribution is -0.198. The molecule has 1 saturated carbocycles. The van der Waals surface area contributed by atoms with E-state index in [1.807, 2.05) is 0 Å². The summed E-state index contributed by atoms with van der Waals surface area (Å²) in [6.45, 7) is 3.49. The molecule has 4 nitrogen and oxygen atoms in total. The Bertz CT molecular complexity index is 629. The summed E-state index contributed by atoms with van der Waals surface area (Å²) in [5.41, 5.74) is 1.41. The van der Waals surface area contributed by atoms with Gasteiger partial charge in [0.25, 0.3) is 0 Å². The van der Waals surface area contributed by atoms with E-state index in [0.717, 1.165) is 5.56 Å². The molecule has 0 aliphatic heterocycles. The number of alkyl halides is 3. The lowest BCUT2D eigenvalue weighted by atomic mass is 9.78. The summed E-state index contributed by atoms with van der Waals surface area (Å²) < 4.78 is 39.5. The van der Waals surface area contributed by atoms with Crippen LogP contribution in [0.25, 0.3) is 0 Å². The van der Waals surface area contributed by atoms with Crippen molar-refractivity contribution >= 4 is 17.5 Å². The van der Waals surface area contributed by atoms with Crippen molar-refractivity contribution in [3.8, 4) is 0 Å². The number of nitrogens with one attached hydrogen (secondary N) is 2. The molecule has 2 rings (SSSR count). The first kappa shape index (κ1) is 20.3. The molecule has 0 saturated heterocycles. The predicted molar refractivity (Wildman–Crippen MR) is 93.4 cm³/mol. The van der Waals surface area contributed by atoms with Crippen LogP contribution >= 0.6 is 0 Å². The maximum Gasteiger partial charge on any atom is 0.392 e. The van der Waals surface area contributed by atoms with Crippen molar-refractivity contribution in [3.63, 3.8) is 0 Å². The highest BCUT2D eigenvalue weighted by Crippen LogP contribution is 2.41. The van der Waals surface area contributed by atoms with Crippen LogP contribution in [-0.2, 0) is 9.59 Å². The minimum atomic E-state index is -4.34. The molecule has 26 heavy (non-hydrogen) atoms. The summed E-state index contributed by atoms with van der Waals surface area (Å²) in [4.78, 5) is 23.8. The Hall–Kier alpha value is -2.05. The molecular formula is C19H25F3N2O2. The molecule has 1 aromatic carbocycles. The van der Waals surface area contributed by atoms with Crippen molar-refractivity contribution in [2.45, 2.75) is 58.2 Å². The zero-order valence-corrected chi connectivity index (χ0v) is 15.0. The summed E-state index contributed by atoms with van der Waals surface area (Å²) in [6.07, 6.45) is -2.54. The summed E-state index contributed by atoms with van der Waals surface area (Å²) >= 11 is 0. The highest BCUT2D eigenvalue weighted by Gasteiger charge is 2.48. The fourth-order valence-corrected chi connectivity index (χ4v) is 3.34. The van der Waals surface area contributed by atoms with Crippen molar-refractivity contribution in [1.82, 2.24) is 5.32 Å². The van der Waals surface area contributed by atoms with Gasteiger partial charge in [0.1, 0.15) is 0 Å². The van der Waals surface area contributed by atoms with Gasteiger partial charge in [-0.3, -0.25) is 9.59 Å². The van der Waals surface area contributed by atoms with Crippen LogP contribution < -0.4 is 10.6 Å². The van der Waals surface area contributed by atoms with Gasteiger partial charge in [-0.25, -0.2) is 0 Å². The highest BCUT2D eigenvalue weighted by molar-refractivity contribution is 5.90. The fourth-order valence-electron chi connectivity index (χ4n) is 3.34. The predicted octanol–water partition coefficient (Wildman–Crippen LogP) is 4.58. The van der Waals surface area contributed by atoms with E-state index in [2.05, 4.69) is 10.6 Å². The van der Waals surface area contributed by atoms with Gasteiger partial charge in [-0.15, -0.1) is 0 Å². The third-order valence-electron chi connectivity index (χ3n) is 4.90. The zero-order chi connectivity index (χ0) is 19.3. The molecule has 144 valence electrons. The molecule has 0 unspecified atom stereocenters. The second kappa shape index (κ2) is 8.56. The molecule has 0 radical (unpaired) electrons. The molecule has 7 heteroatoms. The number of hydrogen-bond donors (Lipinski definition) is 2. The number of carbonyl (C=O) groups excluding carboxylic acids is 2. The molecule has 2 N–H and O–H groups in total. The standard InChI is InChI=1S/C19H25F3N2O2/c1-3-17(25)24-14-10-8-13(9-11-14)12(2)23-18(26)15-6-4-5-7-16(15)19(20,21)22/h8-12,15-16H,3-7H2,1-2H3,(H,23,26)(H,24,25)/t12-,15-,16+/m0/s1. The average Bonchev–Trinajstić information content (AvgIpc) is 2.61. The molecule has 0 bridgehead atoms. The zero-order valence-electron chi connectivity index (χ0n) is 15.0. The topological polar surface area (TPSA) is 58.2 Å². The quantitative estimate of drug-likeness (QED) is 0.797. The molecule has 0 aromatic heterocycles. The van der Waals surface area contributed by atoms with Gasteiger partial charge < -0.3 is 10.6 Å². The molecule has 1 aliphatic carbocycles. The number of benzene rings is 1. The Kier molecular flexibility index (Phi) is 6.67. The Morgan fingerprint density at radius 3 is 2.35 bits per heavy atom. The number of hydrogen-bond acceptors (Lipinski definition) is 2. The summed E-state index contributed by atoms with van der Waals surface area (Å²) in [7, 11) is 0. The van der Waals surface area contributed by atoms with Crippen LogP contribution in [-0.4, -0.2) is 18.0 Å². The van der Waals surface area contributed by atoms with Gasteiger partial charge in [-0.1, -0.05) is 31.9 Å². The van der Waals surface area contributed by atoms with E-state index in [0.29, 0.717) is 24.9 Å². The number of amides is 2. The number of carbonyl (C=O) groups is 2. The summed E-state index contributed by atoms with van der Waals surface area (Å²) in [6, 6.07) is 6.51. The molecule has 0 heterocycles. The number of anilines is 1. The fraction of sp³-hybridized carbons (Fsp3) is 0.579. The van der Waals surface area contributed by atoms with Crippen molar-refractivity contribution in [3.05, 3.63) is 29.8 Å². The Morgan fingerprint density at radius 2 is 1.77 bits per heavy atom. The lowest BCUT2D eigenvalue weighted by Gasteiger charge is -2.32. The van der Waals surface area contributed by atoms with Crippen LogP contribution in [0.1, 0.15) is 57.6 Å². The van der Waals surface area contributed by atoms with Crippen LogP contribution in [0.2, 0.25) is 0 Å². The van der Waals surface area contributed by atoms with Gasteiger partial charge in [0, 0.05) is 18.0 Å². The van der Waals surface area contributed by atoms with E-state index in [-0.39, 0.29) is 18.7 Å². The monoisotopic (exact) mass is 370 g/mol. The van der Waals surface area contributed by atoms with Gasteiger partial charge in [0.05, 0.1) is 12.0 Å². The SMILES string of the molecule is CCC(=O)Nc1ccc([C@H](C)NC(=O)[C@H]2CCCC[C@H]2C(F)(F)F)cc1. The molecule has 1 aliphatic rings. The smallest absolute Gasteiger partial charge is 0.349 e. The molecular weight excluding hydrogens is 345 g/mol. The second-order valence-electron chi connectivity index (χ2n) is 6.79. The van der Waals surface area contributed by atoms with Gasteiger partial charge in [-0.2, -0.15) is 13.2 Å². The Labute approximate surface area is 151 Å². The van der Waals surface area contributed by atoms with E-state index >= 15 is 0 Å². The Morgan fingerprint density at radius 1 is 1.15 bits per heavy atom. The van der Waals surface area contributed by atoms with Crippen molar-refractivity contribution in [1.29, 1.82) is 0 Å². The van der Waals surface area contributed by atoms with Crippen LogP contribution in [0, 0.1) is 11.8 Å². The van der Waals surface area contributed by atoms with Gasteiger partial charge in [-0.05, 0) is 37.5 Å². The van der Waals surface area contributed by atoms with E-state index in [4.69, 9.17) is 0 Å². The van der Waals surface area contributed by atoms with Gasteiger partial charge in [0.15, 0.2) is 0 Å². The minimum Gasteiger partial charge on any atom is -0.349 e. The Balaban J connectivity index is 2.00. The first-order valence-electron chi connectivity index (χ1n) is 8.99. The van der Waals surface area contributed by atoms with E-state index in [1.165, 1.54) is 0 Å². The average molecular weight is 370 g/mol. The van der Waals surface area contributed by atoms with Gasteiger partial charge in [0.2, 0.25) is 11.8 Å². The minimum absolute atomic E-state index is 0.0157. The van der Waals surface area contributed by atoms with Crippen LogP contribution in [0.5, 0.6) is 0 Å². The molecule has 0 spiro atoms. The van der Waals surface area contributed by atoms with Gasteiger partial charge >= 0.3 is 6.18 Å². The normalized spacial score (nSPS) is 21.7. The van der Waals surface area contributed by atoms with Crippen LogP contribution in [0.3, 0.4) is 0 Å². The third-order valence-corrected chi connectivity index (χ3v) is 4.90. The molecule has 1 fully saturated rings. The maximum absolute atomic E-state index is 13.2. The highest BCUT2D eigenvalue weighted by atomic mass is 19.4. The first-order valence-corrected chi connectivity index (χ1v) is 8.99. The number of halogens is 3. The molecule has 3 atom stereocenters. The number of rotatable bonds is 5. The lowest BCUT2D eigenvalue weighted by Crippen LogP contribution is -2.43. The maximum atomic E-state index is 13.2. The molecule has 1 aromatic rings. The van der Waals surface area contributed by atoms with Crippen molar-refractivity contribution in [2.24, 2.45) is 11.8 Å². The van der Waals surface area contributed by atoms with E-state index < -0.39 is 30.0 Å². The van der Waals surface area contributed by atoms with E-state index in [9.17, 15) is 22.8 Å².